The zero-order valence-electron chi connectivity index (χ0n) is 15.9. The monoisotopic (exact) mass is 373 g/mol. The molecule has 2 heterocycles. The average molecular weight is 373 g/mol. The number of hydrogen-bond donors (Lipinski definition) is 1. The predicted octanol–water partition coefficient (Wildman–Crippen LogP) is 4.25. The first-order chi connectivity index (χ1) is 12.5. The summed E-state index contributed by atoms with van der Waals surface area (Å²) in [6, 6.07) is 3.87. The van der Waals surface area contributed by atoms with Crippen LogP contribution in [0.4, 0.5) is 5.82 Å². The topological polar surface area (TPSA) is 65.5 Å². The van der Waals surface area contributed by atoms with E-state index in [1.807, 2.05) is 19.1 Å². The van der Waals surface area contributed by atoms with E-state index in [0.717, 1.165) is 27.4 Å². The third-order valence-electron chi connectivity index (χ3n) is 4.32. The molecule has 3 rings (SSSR count). The Morgan fingerprint density at radius 1 is 0.962 bits per heavy atom. The number of hydrogen-bond acceptors (Lipinski definition) is 7. The van der Waals surface area contributed by atoms with Crippen LogP contribution in [0.1, 0.15) is 21.8 Å². The number of ether oxygens (including phenoxy) is 3. The molecule has 7 heteroatoms. The molecule has 1 aromatic carbocycles. The maximum Gasteiger partial charge on any atom is 0.203 e. The molecule has 3 aromatic rings. The SMILES string of the molecule is COc1cc(CNc2nc(C)nc3sc(C)c(C)c23)cc(OC)c1OC. The van der Waals surface area contributed by atoms with E-state index in [2.05, 4.69) is 29.1 Å². The van der Waals surface area contributed by atoms with Crippen LogP contribution in [0.25, 0.3) is 10.2 Å². The quantitative estimate of drug-likeness (QED) is 0.697. The molecule has 0 saturated heterocycles. The third-order valence-corrected chi connectivity index (χ3v) is 5.43. The minimum atomic E-state index is 0.580. The molecule has 0 saturated carbocycles. The van der Waals surface area contributed by atoms with Crippen LogP contribution in [-0.4, -0.2) is 31.3 Å². The standard InChI is InChI=1S/C19H23N3O3S/c1-10-11(2)26-19-16(10)18(21-12(3)22-19)20-9-13-7-14(23-4)17(25-6)15(8-13)24-5/h7-8H,9H2,1-6H3,(H,20,21,22). The summed E-state index contributed by atoms with van der Waals surface area (Å²) in [5.74, 6) is 3.46. The number of benzene rings is 1. The molecule has 0 unspecified atom stereocenters. The summed E-state index contributed by atoms with van der Waals surface area (Å²) in [5, 5.41) is 4.53. The molecule has 0 radical (unpaired) electrons. The van der Waals surface area contributed by atoms with Gasteiger partial charge in [0.25, 0.3) is 0 Å². The lowest BCUT2D eigenvalue weighted by molar-refractivity contribution is 0.324. The lowest BCUT2D eigenvalue weighted by Gasteiger charge is -2.15. The second-order valence-corrected chi connectivity index (χ2v) is 7.17. The van der Waals surface area contributed by atoms with Gasteiger partial charge in [-0.3, -0.25) is 0 Å². The number of fused-ring (bicyclic) bond motifs is 1. The summed E-state index contributed by atoms with van der Waals surface area (Å²) in [6.45, 7) is 6.71. The Hall–Kier alpha value is -2.54. The van der Waals surface area contributed by atoms with Gasteiger partial charge in [0, 0.05) is 11.4 Å². The van der Waals surface area contributed by atoms with E-state index < -0.39 is 0 Å². The van der Waals surface area contributed by atoms with Gasteiger partial charge in [-0.1, -0.05) is 0 Å². The van der Waals surface area contributed by atoms with Gasteiger partial charge in [0.2, 0.25) is 5.75 Å². The predicted molar refractivity (Wildman–Crippen MR) is 105 cm³/mol. The van der Waals surface area contributed by atoms with E-state index in [-0.39, 0.29) is 0 Å². The first kappa shape index (κ1) is 18.3. The van der Waals surface area contributed by atoms with Gasteiger partial charge in [-0.2, -0.15) is 0 Å². The summed E-state index contributed by atoms with van der Waals surface area (Å²) in [7, 11) is 4.83. The number of rotatable bonds is 6. The largest absolute Gasteiger partial charge is 0.493 e. The second kappa shape index (κ2) is 7.37. The number of aryl methyl sites for hydroxylation is 3. The van der Waals surface area contributed by atoms with Gasteiger partial charge in [-0.05, 0) is 44.0 Å². The van der Waals surface area contributed by atoms with Crippen molar-refractivity contribution < 1.29 is 14.2 Å². The zero-order chi connectivity index (χ0) is 18.8. The normalized spacial score (nSPS) is 10.8. The number of nitrogens with one attached hydrogen (secondary N) is 1. The van der Waals surface area contributed by atoms with Crippen molar-refractivity contribution in [2.45, 2.75) is 27.3 Å². The Kier molecular flexibility index (Phi) is 5.18. The Bertz CT molecular complexity index is 928. The molecule has 0 aliphatic carbocycles. The van der Waals surface area contributed by atoms with Crippen LogP contribution in [0, 0.1) is 20.8 Å². The summed E-state index contributed by atoms with van der Waals surface area (Å²) in [5.41, 5.74) is 2.23. The Morgan fingerprint density at radius 2 is 1.62 bits per heavy atom. The van der Waals surface area contributed by atoms with E-state index >= 15 is 0 Å². The van der Waals surface area contributed by atoms with Crippen molar-refractivity contribution in [2.75, 3.05) is 26.6 Å². The van der Waals surface area contributed by atoms with E-state index in [1.54, 1.807) is 32.7 Å². The van der Waals surface area contributed by atoms with Crippen LogP contribution in [0.15, 0.2) is 12.1 Å². The van der Waals surface area contributed by atoms with Gasteiger partial charge in [0.1, 0.15) is 16.5 Å². The van der Waals surface area contributed by atoms with Gasteiger partial charge >= 0.3 is 0 Å². The molecule has 1 N–H and O–H groups in total. The number of thiophene rings is 1. The van der Waals surface area contributed by atoms with Gasteiger partial charge < -0.3 is 19.5 Å². The fourth-order valence-electron chi connectivity index (χ4n) is 2.91. The molecule has 0 aliphatic rings. The lowest BCUT2D eigenvalue weighted by atomic mass is 10.1. The molecular formula is C19H23N3O3S. The molecule has 0 atom stereocenters. The van der Waals surface area contributed by atoms with Crippen molar-refractivity contribution in [2.24, 2.45) is 0 Å². The Morgan fingerprint density at radius 3 is 2.19 bits per heavy atom. The van der Waals surface area contributed by atoms with Crippen LogP contribution in [0.2, 0.25) is 0 Å². The third kappa shape index (κ3) is 3.26. The summed E-state index contributed by atoms with van der Waals surface area (Å²) in [6.07, 6.45) is 0. The molecule has 2 aromatic heterocycles. The van der Waals surface area contributed by atoms with Crippen molar-refractivity contribution in [3.63, 3.8) is 0 Å². The maximum absolute atomic E-state index is 5.43. The summed E-state index contributed by atoms with van der Waals surface area (Å²) in [4.78, 5) is 11.4. The fourth-order valence-corrected chi connectivity index (χ4v) is 3.98. The van der Waals surface area contributed by atoms with Gasteiger partial charge in [0.05, 0.1) is 26.7 Å². The van der Waals surface area contributed by atoms with Crippen molar-refractivity contribution in [1.82, 2.24) is 9.97 Å². The molecular weight excluding hydrogens is 350 g/mol. The smallest absolute Gasteiger partial charge is 0.203 e. The van der Waals surface area contributed by atoms with E-state index in [0.29, 0.717) is 23.8 Å². The van der Waals surface area contributed by atoms with E-state index in [1.165, 1.54) is 10.4 Å². The van der Waals surface area contributed by atoms with Crippen LogP contribution >= 0.6 is 11.3 Å². The number of nitrogens with zero attached hydrogens (tertiary/aromatic N) is 2. The van der Waals surface area contributed by atoms with E-state index in [4.69, 9.17) is 14.2 Å². The molecule has 26 heavy (non-hydrogen) atoms. The molecule has 138 valence electrons. The molecule has 6 nitrogen and oxygen atoms in total. The van der Waals surface area contributed by atoms with Gasteiger partial charge in [-0.25, -0.2) is 9.97 Å². The first-order valence-electron chi connectivity index (χ1n) is 8.25. The highest BCUT2D eigenvalue weighted by atomic mass is 32.1. The fraction of sp³-hybridized carbons (Fsp3) is 0.368. The number of methoxy groups -OCH3 is 3. The van der Waals surface area contributed by atoms with Crippen LogP contribution < -0.4 is 19.5 Å². The van der Waals surface area contributed by atoms with Crippen molar-refractivity contribution in [3.05, 3.63) is 34.0 Å². The van der Waals surface area contributed by atoms with E-state index in [9.17, 15) is 0 Å². The maximum atomic E-state index is 5.43. The average Bonchev–Trinajstić information content (AvgIpc) is 2.92. The van der Waals surface area contributed by atoms with Crippen LogP contribution in [-0.2, 0) is 6.54 Å². The second-order valence-electron chi connectivity index (χ2n) is 5.97. The zero-order valence-corrected chi connectivity index (χ0v) is 16.7. The van der Waals surface area contributed by atoms with Gasteiger partial charge in [0.15, 0.2) is 11.5 Å². The number of anilines is 1. The molecule has 0 spiro atoms. The van der Waals surface area contributed by atoms with Crippen molar-refractivity contribution >= 4 is 27.4 Å². The molecule has 0 fully saturated rings. The Balaban J connectivity index is 1.96. The molecule has 0 amide bonds. The minimum Gasteiger partial charge on any atom is -0.493 e. The highest BCUT2D eigenvalue weighted by Crippen LogP contribution is 2.39. The molecule has 0 bridgehead atoms. The lowest BCUT2D eigenvalue weighted by Crippen LogP contribution is -2.05. The number of aromatic nitrogens is 2. The van der Waals surface area contributed by atoms with Gasteiger partial charge in [-0.15, -0.1) is 11.3 Å². The van der Waals surface area contributed by atoms with Crippen LogP contribution in [0.3, 0.4) is 0 Å². The summed E-state index contributed by atoms with van der Waals surface area (Å²) >= 11 is 1.70. The van der Waals surface area contributed by atoms with Crippen molar-refractivity contribution in [1.29, 1.82) is 0 Å². The highest BCUT2D eigenvalue weighted by molar-refractivity contribution is 7.18. The Labute approximate surface area is 157 Å². The summed E-state index contributed by atoms with van der Waals surface area (Å²) < 4.78 is 16.2. The highest BCUT2D eigenvalue weighted by Gasteiger charge is 2.15. The minimum absolute atomic E-state index is 0.580. The first-order valence-corrected chi connectivity index (χ1v) is 9.07. The van der Waals surface area contributed by atoms with Crippen molar-refractivity contribution in [3.8, 4) is 17.2 Å². The molecule has 0 aliphatic heterocycles. The van der Waals surface area contributed by atoms with Crippen LogP contribution in [0.5, 0.6) is 17.2 Å².